The third kappa shape index (κ3) is 7.99. The highest BCUT2D eigenvalue weighted by Crippen LogP contribution is 2.36. The summed E-state index contributed by atoms with van der Waals surface area (Å²) in [6, 6.07) is 14.6. The Labute approximate surface area is 273 Å². The molecule has 0 unspecified atom stereocenters. The number of nitrogens with zero attached hydrogens (tertiary/aromatic N) is 2. The van der Waals surface area contributed by atoms with Gasteiger partial charge in [-0.25, -0.2) is 0 Å². The van der Waals surface area contributed by atoms with E-state index >= 15 is 0 Å². The van der Waals surface area contributed by atoms with Crippen LogP contribution in [0.1, 0.15) is 86.2 Å². The highest BCUT2D eigenvalue weighted by atomic mass is 35.5. The molecule has 3 aliphatic rings. The first-order chi connectivity index (χ1) is 21.3. The Balaban J connectivity index is 0.00000461. The number of carbonyl (C=O) groups is 3. The standard InChI is InChI=1S/C35H48N4O5.ClH/c1-3-4-20-39-33(42)30(31(40)27-8-6-5-7-9-27)37-34(43)35(39)18-21-38(22-19-35)23-25-12-16-29(17-13-25)44-24-26-10-14-28(15-11-26)32(41)36-2;/h10-17,27,30-31,40H,3-9,18-24H2,1-2H3,(H,36,41)(H,37,43);1H/t30-,31-;/m1./s1. The van der Waals surface area contributed by atoms with E-state index in [1.54, 1.807) is 19.2 Å². The maximum Gasteiger partial charge on any atom is 0.251 e. The summed E-state index contributed by atoms with van der Waals surface area (Å²) in [5.74, 6) is 0.524. The van der Waals surface area contributed by atoms with Gasteiger partial charge in [0.1, 0.15) is 23.9 Å². The second-order valence-corrected chi connectivity index (χ2v) is 12.7. The molecule has 3 fully saturated rings. The lowest BCUT2D eigenvalue weighted by Crippen LogP contribution is -2.75. The van der Waals surface area contributed by atoms with E-state index in [2.05, 4.69) is 34.6 Å². The summed E-state index contributed by atoms with van der Waals surface area (Å²) in [5, 5.41) is 16.8. The minimum absolute atomic E-state index is 0. The van der Waals surface area contributed by atoms with Crippen molar-refractivity contribution in [2.45, 2.75) is 95.5 Å². The van der Waals surface area contributed by atoms with Crippen molar-refractivity contribution < 1.29 is 24.2 Å². The number of likely N-dealkylation sites (tertiary alicyclic amines) is 1. The summed E-state index contributed by atoms with van der Waals surface area (Å²) in [6.45, 7) is 5.24. The van der Waals surface area contributed by atoms with Gasteiger partial charge in [-0.2, -0.15) is 0 Å². The zero-order valence-corrected chi connectivity index (χ0v) is 27.4. The number of ether oxygens (including phenoxy) is 1. The van der Waals surface area contributed by atoms with Crippen LogP contribution in [0.3, 0.4) is 0 Å². The van der Waals surface area contributed by atoms with Gasteiger partial charge in [-0.15, -0.1) is 12.4 Å². The van der Waals surface area contributed by atoms with Crippen LogP contribution in [0.2, 0.25) is 0 Å². The summed E-state index contributed by atoms with van der Waals surface area (Å²) in [4.78, 5) is 43.5. The maximum atomic E-state index is 13.8. The van der Waals surface area contributed by atoms with Crippen LogP contribution in [-0.2, 0) is 22.7 Å². The summed E-state index contributed by atoms with van der Waals surface area (Å²) in [7, 11) is 1.61. The third-order valence-corrected chi connectivity index (χ3v) is 9.83. The number of benzene rings is 2. The van der Waals surface area contributed by atoms with Crippen molar-refractivity contribution in [3.05, 3.63) is 65.2 Å². The minimum Gasteiger partial charge on any atom is -0.489 e. The molecule has 2 aromatic carbocycles. The van der Waals surface area contributed by atoms with Gasteiger partial charge >= 0.3 is 0 Å². The summed E-state index contributed by atoms with van der Waals surface area (Å²) < 4.78 is 5.95. The van der Waals surface area contributed by atoms with E-state index in [0.29, 0.717) is 44.6 Å². The fourth-order valence-electron chi connectivity index (χ4n) is 7.05. The van der Waals surface area contributed by atoms with Crippen molar-refractivity contribution in [2.24, 2.45) is 5.92 Å². The number of nitrogens with one attached hydrogen (secondary N) is 2. The van der Waals surface area contributed by atoms with Crippen LogP contribution in [0, 0.1) is 5.92 Å². The molecule has 0 radical (unpaired) electrons. The molecule has 2 aliphatic heterocycles. The first kappa shape index (κ1) is 34.7. The lowest BCUT2D eigenvalue weighted by Gasteiger charge is -2.52. The van der Waals surface area contributed by atoms with Gasteiger partial charge in [-0.3, -0.25) is 19.3 Å². The van der Waals surface area contributed by atoms with E-state index in [0.717, 1.165) is 61.9 Å². The first-order valence-corrected chi connectivity index (χ1v) is 16.4. The molecule has 2 aromatic rings. The highest BCUT2D eigenvalue weighted by Gasteiger charge is 2.55. The van der Waals surface area contributed by atoms with E-state index in [-0.39, 0.29) is 36.0 Å². The zero-order valence-electron chi connectivity index (χ0n) is 26.6. The molecule has 1 spiro atoms. The second-order valence-electron chi connectivity index (χ2n) is 12.7. The van der Waals surface area contributed by atoms with Crippen LogP contribution in [-0.4, -0.2) is 77.0 Å². The second kappa shape index (κ2) is 15.9. The van der Waals surface area contributed by atoms with E-state index < -0.39 is 17.7 Å². The number of hydrogen-bond donors (Lipinski definition) is 3. The van der Waals surface area contributed by atoms with Crippen LogP contribution >= 0.6 is 12.4 Å². The molecular weight excluding hydrogens is 592 g/mol. The Morgan fingerprint density at radius 1 is 1.02 bits per heavy atom. The van der Waals surface area contributed by atoms with Crippen molar-refractivity contribution in [3.8, 4) is 5.75 Å². The van der Waals surface area contributed by atoms with E-state index in [9.17, 15) is 19.5 Å². The Kier molecular flexibility index (Phi) is 12.3. The van der Waals surface area contributed by atoms with Gasteiger partial charge in [0.2, 0.25) is 11.8 Å². The molecule has 9 nitrogen and oxygen atoms in total. The lowest BCUT2D eigenvalue weighted by molar-refractivity contribution is -0.166. The molecule has 1 aliphatic carbocycles. The molecule has 3 N–H and O–H groups in total. The predicted octanol–water partition coefficient (Wildman–Crippen LogP) is 4.45. The number of carbonyl (C=O) groups excluding carboxylic acids is 3. The van der Waals surface area contributed by atoms with Gasteiger partial charge in [-0.1, -0.05) is 56.9 Å². The topological polar surface area (TPSA) is 111 Å². The van der Waals surface area contributed by atoms with Gasteiger partial charge in [0, 0.05) is 38.8 Å². The molecular formula is C35H49ClN4O5. The van der Waals surface area contributed by atoms with Crippen LogP contribution in [0.25, 0.3) is 0 Å². The van der Waals surface area contributed by atoms with Crippen LogP contribution in [0.5, 0.6) is 5.75 Å². The molecule has 0 aromatic heterocycles. The van der Waals surface area contributed by atoms with Crippen molar-refractivity contribution in [1.82, 2.24) is 20.4 Å². The van der Waals surface area contributed by atoms with Gasteiger partial charge in [0.25, 0.3) is 5.91 Å². The Morgan fingerprint density at radius 2 is 1.67 bits per heavy atom. The monoisotopic (exact) mass is 640 g/mol. The van der Waals surface area contributed by atoms with Gasteiger partial charge < -0.3 is 25.4 Å². The average molecular weight is 641 g/mol. The molecule has 3 amide bonds. The number of piperazine rings is 1. The Bertz CT molecular complexity index is 1270. The summed E-state index contributed by atoms with van der Waals surface area (Å²) >= 11 is 0. The van der Waals surface area contributed by atoms with Crippen molar-refractivity contribution in [2.75, 3.05) is 26.7 Å². The molecule has 10 heteroatoms. The average Bonchev–Trinajstić information content (AvgIpc) is 3.07. The SMILES string of the molecule is CCCCN1C(=O)[C@@H]([C@H](O)C2CCCCC2)NC(=O)C12CCN(Cc1ccc(OCc3ccc(C(=O)NC)cc3)cc1)CC2.Cl. The number of amides is 3. The number of aliphatic hydroxyl groups excluding tert-OH is 1. The van der Waals surface area contributed by atoms with E-state index in [4.69, 9.17) is 4.74 Å². The molecule has 0 bridgehead atoms. The number of piperidine rings is 1. The third-order valence-electron chi connectivity index (χ3n) is 9.83. The van der Waals surface area contributed by atoms with Crippen molar-refractivity contribution >= 4 is 30.1 Å². The molecule has 45 heavy (non-hydrogen) atoms. The Morgan fingerprint density at radius 3 is 2.29 bits per heavy atom. The smallest absolute Gasteiger partial charge is 0.251 e. The highest BCUT2D eigenvalue weighted by molar-refractivity contribution is 6.00. The predicted molar refractivity (Wildman–Crippen MR) is 176 cm³/mol. The van der Waals surface area contributed by atoms with Gasteiger partial charge in [0.15, 0.2) is 0 Å². The maximum absolute atomic E-state index is 13.8. The quantitative estimate of drug-likeness (QED) is 0.335. The summed E-state index contributed by atoms with van der Waals surface area (Å²) in [6.07, 6.45) is 7.26. The fraction of sp³-hybridized carbons (Fsp3) is 0.571. The number of halogens is 1. The first-order valence-electron chi connectivity index (χ1n) is 16.4. The molecule has 5 rings (SSSR count). The van der Waals surface area contributed by atoms with Crippen LogP contribution in [0.4, 0.5) is 0 Å². The molecule has 2 heterocycles. The largest absolute Gasteiger partial charge is 0.489 e. The molecule has 1 saturated carbocycles. The fourth-order valence-corrected chi connectivity index (χ4v) is 7.05. The number of unbranched alkanes of at least 4 members (excludes halogenated alkanes) is 1. The molecule has 2 atom stereocenters. The number of aliphatic hydroxyl groups is 1. The van der Waals surface area contributed by atoms with Gasteiger partial charge in [0.05, 0.1) is 6.10 Å². The number of rotatable bonds is 11. The normalized spacial score (nSPS) is 21.1. The zero-order chi connectivity index (χ0) is 31.1. The van der Waals surface area contributed by atoms with E-state index in [1.165, 1.54) is 6.42 Å². The lowest BCUT2D eigenvalue weighted by atomic mass is 9.78. The molecule has 2 saturated heterocycles. The van der Waals surface area contributed by atoms with Crippen LogP contribution in [0.15, 0.2) is 48.5 Å². The van der Waals surface area contributed by atoms with E-state index in [1.807, 2.05) is 29.2 Å². The Hall–Kier alpha value is -3.14. The minimum atomic E-state index is -0.845. The van der Waals surface area contributed by atoms with Crippen molar-refractivity contribution in [3.63, 3.8) is 0 Å². The van der Waals surface area contributed by atoms with Crippen LogP contribution < -0.4 is 15.4 Å². The molecule has 246 valence electrons. The summed E-state index contributed by atoms with van der Waals surface area (Å²) in [5.41, 5.74) is 1.91. The van der Waals surface area contributed by atoms with Gasteiger partial charge in [-0.05, 0) is 73.4 Å². The number of hydrogen-bond acceptors (Lipinski definition) is 6. The van der Waals surface area contributed by atoms with Crippen molar-refractivity contribution in [1.29, 1.82) is 0 Å².